The van der Waals surface area contributed by atoms with Crippen LogP contribution in [-0.2, 0) is 10.0 Å². The topological polar surface area (TPSA) is 86.7 Å². The molecule has 9 heteroatoms. The summed E-state index contributed by atoms with van der Waals surface area (Å²) in [6, 6.07) is 1.68. The van der Waals surface area contributed by atoms with Crippen molar-refractivity contribution in [3.8, 4) is 0 Å². The van der Waals surface area contributed by atoms with Gasteiger partial charge in [0.25, 0.3) is 5.91 Å². The van der Waals surface area contributed by atoms with Gasteiger partial charge in [0.2, 0.25) is 16.0 Å². The van der Waals surface area contributed by atoms with Crippen LogP contribution in [0.15, 0.2) is 6.07 Å². The lowest BCUT2D eigenvalue weighted by molar-refractivity contribution is 0.0692. The lowest BCUT2D eigenvalue weighted by Crippen LogP contribution is -2.50. The lowest BCUT2D eigenvalue weighted by atomic mass is 10.2. The van der Waals surface area contributed by atoms with Crippen molar-refractivity contribution in [3.05, 3.63) is 17.5 Å². The number of sulfonamides is 1. The Labute approximate surface area is 143 Å². The van der Waals surface area contributed by atoms with Gasteiger partial charge < -0.3 is 9.80 Å². The Morgan fingerprint density at radius 3 is 2.25 bits per heavy atom. The van der Waals surface area contributed by atoms with Gasteiger partial charge in [0, 0.05) is 45.0 Å². The normalized spacial score (nSPS) is 16.2. The van der Waals surface area contributed by atoms with Crippen LogP contribution >= 0.6 is 0 Å². The quantitative estimate of drug-likeness (QED) is 0.757. The molecule has 24 heavy (non-hydrogen) atoms. The van der Waals surface area contributed by atoms with E-state index < -0.39 is 10.0 Å². The fraction of sp³-hybridized carbons (Fsp3) is 0.667. The molecule has 1 aliphatic heterocycles. The molecule has 8 nitrogen and oxygen atoms in total. The molecule has 0 spiro atoms. The van der Waals surface area contributed by atoms with Crippen LogP contribution in [0.2, 0.25) is 0 Å². The van der Waals surface area contributed by atoms with Crippen molar-refractivity contribution in [2.45, 2.75) is 20.8 Å². The van der Waals surface area contributed by atoms with E-state index in [-0.39, 0.29) is 5.91 Å². The second-order valence-electron chi connectivity index (χ2n) is 5.82. The summed E-state index contributed by atoms with van der Waals surface area (Å²) < 4.78 is 24.5. The Morgan fingerprint density at radius 1 is 1.17 bits per heavy atom. The van der Waals surface area contributed by atoms with E-state index >= 15 is 0 Å². The van der Waals surface area contributed by atoms with Gasteiger partial charge in [-0.25, -0.2) is 18.4 Å². The van der Waals surface area contributed by atoms with Crippen LogP contribution in [0.1, 0.15) is 30.0 Å². The zero-order chi connectivity index (χ0) is 17.9. The van der Waals surface area contributed by atoms with Crippen LogP contribution in [0.3, 0.4) is 0 Å². The van der Waals surface area contributed by atoms with Crippen molar-refractivity contribution >= 4 is 21.9 Å². The fourth-order valence-corrected chi connectivity index (χ4v) is 3.52. The third kappa shape index (κ3) is 4.21. The van der Waals surface area contributed by atoms with E-state index in [2.05, 4.69) is 9.97 Å². The monoisotopic (exact) mass is 355 g/mol. The first-order chi connectivity index (χ1) is 11.3. The number of anilines is 1. The smallest absolute Gasteiger partial charge is 0.272 e. The number of hydrogen-bond acceptors (Lipinski definition) is 6. The highest BCUT2D eigenvalue weighted by molar-refractivity contribution is 7.88. The number of amides is 1. The summed E-state index contributed by atoms with van der Waals surface area (Å²) in [4.78, 5) is 25.2. The van der Waals surface area contributed by atoms with Gasteiger partial charge in [-0.15, -0.1) is 0 Å². The first-order valence-corrected chi connectivity index (χ1v) is 9.96. The fourth-order valence-electron chi connectivity index (χ4n) is 2.70. The van der Waals surface area contributed by atoms with E-state index in [0.717, 1.165) is 18.8 Å². The molecule has 0 atom stereocenters. The predicted molar refractivity (Wildman–Crippen MR) is 92.7 cm³/mol. The van der Waals surface area contributed by atoms with Gasteiger partial charge in [-0.3, -0.25) is 4.79 Å². The molecule has 0 N–H and O–H groups in total. The summed E-state index contributed by atoms with van der Waals surface area (Å²) >= 11 is 0. The summed E-state index contributed by atoms with van der Waals surface area (Å²) in [5, 5.41) is 0. The first-order valence-electron chi connectivity index (χ1n) is 8.11. The maximum absolute atomic E-state index is 12.7. The van der Waals surface area contributed by atoms with E-state index in [9.17, 15) is 13.2 Å². The van der Waals surface area contributed by atoms with E-state index in [1.165, 1.54) is 10.6 Å². The molecule has 134 valence electrons. The summed E-state index contributed by atoms with van der Waals surface area (Å²) in [6.45, 7) is 8.77. The average molecular weight is 355 g/mol. The molecule has 2 heterocycles. The summed E-state index contributed by atoms with van der Waals surface area (Å²) in [5.41, 5.74) is 1.10. The van der Waals surface area contributed by atoms with Crippen molar-refractivity contribution in [2.24, 2.45) is 0 Å². The van der Waals surface area contributed by atoms with Gasteiger partial charge in [0.05, 0.1) is 6.26 Å². The van der Waals surface area contributed by atoms with E-state index in [1.807, 2.05) is 25.7 Å². The van der Waals surface area contributed by atoms with E-state index in [1.54, 1.807) is 11.0 Å². The zero-order valence-corrected chi connectivity index (χ0v) is 15.5. The number of aryl methyl sites for hydroxylation is 1. The molecule has 1 fully saturated rings. The minimum absolute atomic E-state index is 0.179. The summed E-state index contributed by atoms with van der Waals surface area (Å²) in [7, 11) is -3.21. The second-order valence-corrected chi connectivity index (χ2v) is 7.80. The zero-order valence-electron chi connectivity index (χ0n) is 14.7. The molecule has 1 aromatic heterocycles. The molecule has 0 aromatic carbocycles. The molecule has 0 radical (unpaired) electrons. The highest BCUT2D eigenvalue weighted by Gasteiger charge is 2.27. The SMILES string of the molecule is CCN(CC)c1nc(C)cc(C(=O)N2CCN(S(C)(=O)=O)CC2)n1. The van der Waals surface area contributed by atoms with Gasteiger partial charge in [-0.05, 0) is 26.8 Å². The molecule has 1 saturated heterocycles. The molecule has 1 amide bonds. The molecule has 2 rings (SSSR count). The number of piperazine rings is 1. The van der Waals surface area contributed by atoms with Gasteiger partial charge in [0.15, 0.2) is 0 Å². The molecule has 0 bridgehead atoms. The third-order valence-electron chi connectivity index (χ3n) is 4.10. The van der Waals surface area contributed by atoms with Crippen LogP contribution in [0.25, 0.3) is 0 Å². The van der Waals surface area contributed by atoms with Gasteiger partial charge >= 0.3 is 0 Å². The second kappa shape index (κ2) is 7.43. The minimum Gasteiger partial charge on any atom is -0.341 e. The lowest BCUT2D eigenvalue weighted by Gasteiger charge is -2.33. The third-order valence-corrected chi connectivity index (χ3v) is 5.41. The summed E-state index contributed by atoms with van der Waals surface area (Å²) in [5.74, 6) is 0.375. The first kappa shape index (κ1) is 18.6. The van der Waals surface area contributed by atoms with Crippen LogP contribution < -0.4 is 4.90 Å². The Bertz CT molecular complexity index is 695. The van der Waals surface area contributed by atoms with E-state index in [4.69, 9.17) is 0 Å². The molecule has 1 aromatic rings. The minimum atomic E-state index is -3.21. The molecular formula is C15H25N5O3S. The van der Waals surface area contributed by atoms with Crippen molar-refractivity contribution in [2.75, 3.05) is 50.4 Å². The number of rotatable bonds is 5. The van der Waals surface area contributed by atoms with Crippen molar-refractivity contribution < 1.29 is 13.2 Å². The van der Waals surface area contributed by atoms with Crippen LogP contribution in [0.4, 0.5) is 5.95 Å². The van der Waals surface area contributed by atoms with Crippen molar-refractivity contribution in [1.29, 1.82) is 0 Å². The highest BCUT2D eigenvalue weighted by atomic mass is 32.2. The predicted octanol–water partition coefficient (Wildman–Crippen LogP) is 0.349. The Balaban J connectivity index is 2.16. The summed E-state index contributed by atoms with van der Waals surface area (Å²) in [6.07, 6.45) is 1.19. The molecule has 0 saturated carbocycles. The Kier molecular flexibility index (Phi) is 5.76. The number of hydrogen-bond donors (Lipinski definition) is 0. The number of aromatic nitrogens is 2. The van der Waals surface area contributed by atoms with Gasteiger partial charge in [-0.1, -0.05) is 0 Å². The number of nitrogens with zero attached hydrogens (tertiary/aromatic N) is 5. The maximum Gasteiger partial charge on any atom is 0.272 e. The Morgan fingerprint density at radius 2 is 1.75 bits per heavy atom. The van der Waals surface area contributed by atoms with E-state index in [0.29, 0.717) is 37.8 Å². The highest BCUT2D eigenvalue weighted by Crippen LogP contribution is 2.14. The molecular weight excluding hydrogens is 330 g/mol. The van der Waals surface area contributed by atoms with Gasteiger partial charge in [-0.2, -0.15) is 4.31 Å². The van der Waals surface area contributed by atoms with Crippen molar-refractivity contribution in [3.63, 3.8) is 0 Å². The average Bonchev–Trinajstić information content (AvgIpc) is 2.54. The van der Waals surface area contributed by atoms with Crippen LogP contribution in [-0.4, -0.2) is 79.0 Å². The standard InChI is InChI=1S/C15H25N5O3S/c1-5-18(6-2)15-16-12(3)11-13(17-15)14(21)19-7-9-20(10-8-19)24(4,22)23/h11H,5-10H2,1-4H3. The number of carbonyl (C=O) groups is 1. The van der Waals surface area contributed by atoms with Gasteiger partial charge in [0.1, 0.15) is 5.69 Å². The largest absolute Gasteiger partial charge is 0.341 e. The maximum atomic E-state index is 12.7. The molecule has 0 aliphatic carbocycles. The Hall–Kier alpha value is -1.74. The number of carbonyl (C=O) groups excluding carboxylic acids is 1. The molecule has 0 unspecified atom stereocenters. The van der Waals surface area contributed by atoms with Crippen molar-refractivity contribution in [1.82, 2.24) is 19.2 Å². The van der Waals surface area contributed by atoms with Crippen LogP contribution in [0.5, 0.6) is 0 Å². The molecule has 1 aliphatic rings. The van der Waals surface area contributed by atoms with Crippen LogP contribution in [0, 0.1) is 6.92 Å².